The zero-order valence-corrected chi connectivity index (χ0v) is 13.2. The van der Waals surface area contributed by atoms with Crippen molar-refractivity contribution in [2.75, 3.05) is 5.73 Å². The summed E-state index contributed by atoms with van der Waals surface area (Å²) in [4.78, 5) is 4.70. The number of benzene rings is 2. The monoisotopic (exact) mass is 349 g/mol. The number of halogens is 2. The van der Waals surface area contributed by atoms with Gasteiger partial charge in [-0.3, -0.25) is 0 Å². The maximum absolute atomic E-state index is 6.16. The average Bonchev–Trinajstić information content (AvgIpc) is 2.79. The van der Waals surface area contributed by atoms with Gasteiger partial charge in [-0.05, 0) is 53.2 Å². The number of hydrogen-bond donors (Lipinski definition) is 1. The van der Waals surface area contributed by atoms with Crippen LogP contribution in [0.1, 0.15) is 6.92 Å². The van der Waals surface area contributed by atoms with E-state index in [1.807, 2.05) is 36.4 Å². The van der Waals surface area contributed by atoms with Crippen LogP contribution in [0.15, 0.2) is 40.9 Å². The molecule has 3 nitrogen and oxygen atoms in total. The molecule has 0 amide bonds. The van der Waals surface area contributed by atoms with Gasteiger partial charge in [-0.1, -0.05) is 17.7 Å². The molecular formula is C15H13BrClN3. The van der Waals surface area contributed by atoms with E-state index in [9.17, 15) is 0 Å². The predicted octanol–water partition coefficient (Wildman–Crippen LogP) is 4.72. The van der Waals surface area contributed by atoms with Crippen molar-refractivity contribution in [2.45, 2.75) is 13.5 Å². The highest BCUT2D eigenvalue weighted by molar-refractivity contribution is 9.10. The first-order chi connectivity index (χ1) is 9.61. The van der Waals surface area contributed by atoms with Gasteiger partial charge in [-0.15, -0.1) is 0 Å². The molecule has 3 aromatic rings. The highest BCUT2D eigenvalue weighted by Crippen LogP contribution is 2.33. The molecule has 0 unspecified atom stereocenters. The summed E-state index contributed by atoms with van der Waals surface area (Å²) in [6.45, 7) is 2.89. The Morgan fingerprint density at radius 3 is 2.85 bits per heavy atom. The number of para-hydroxylation sites is 1. The number of nitrogens with two attached hydrogens (primary N) is 1. The normalized spacial score (nSPS) is 11.2. The molecule has 0 radical (unpaired) electrons. The van der Waals surface area contributed by atoms with Gasteiger partial charge in [0.2, 0.25) is 0 Å². The van der Waals surface area contributed by atoms with Gasteiger partial charge in [-0.2, -0.15) is 0 Å². The zero-order chi connectivity index (χ0) is 14.3. The SMILES string of the molecule is CCn1c(-c2cccc(Br)c2N)nc2ccc(Cl)cc21. The molecule has 0 atom stereocenters. The van der Waals surface area contributed by atoms with Gasteiger partial charge in [0, 0.05) is 21.6 Å². The molecule has 3 rings (SSSR count). The molecule has 1 heterocycles. The summed E-state index contributed by atoms with van der Waals surface area (Å²) in [6.07, 6.45) is 0. The van der Waals surface area contributed by atoms with Crippen LogP contribution in [-0.4, -0.2) is 9.55 Å². The second kappa shape index (κ2) is 5.11. The minimum absolute atomic E-state index is 0.698. The topological polar surface area (TPSA) is 43.8 Å². The first-order valence-corrected chi connectivity index (χ1v) is 7.49. The standard InChI is InChI=1S/C15H13BrClN3/c1-2-20-13-8-9(17)6-7-12(13)19-15(20)10-4-3-5-11(16)14(10)18/h3-8H,2,18H2,1H3. The van der Waals surface area contributed by atoms with Crippen LogP contribution in [0, 0.1) is 0 Å². The van der Waals surface area contributed by atoms with Gasteiger partial charge in [-0.25, -0.2) is 4.98 Å². The summed E-state index contributed by atoms with van der Waals surface area (Å²) < 4.78 is 3.00. The van der Waals surface area contributed by atoms with E-state index in [2.05, 4.69) is 27.4 Å². The highest BCUT2D eigenvalue weighted by Gasteiger charge is 2.15. The Kier molecular flexibility index (Phi) is 3.44. The number of aromatic nitrogens is 2. The average molecular weight is 351 g/mol. The maximum Gasteiger partial charge on any atom is 0.143 e. The van der Waals surface area contributed by atoms with Crippen LogP contribution in [-0.2, 0) is 6.54 Å². The lowest BCUT2D eigenvalue weighted by atomic mass is 10.1. The van der Waals surface area contributed by atoms with Crippen molar-refractivity contribution < 1.29 is 0 Å². The molecule has 2 N–H and O–H groups in total. The fourth-order valence-corrected chi connectivity index (χ4v) is 2.89. The van der Waals surface area contributed by atoms with Crippen LogP contribution < -0.4 is 5.73 Å². The minimum atomic E-state index is 0.698. The van der Waals surface area contributed by atoms with E-state index >= 15 is 0 Å². The molecule has 1 aromatic heterocycles. The van der Waals surface area contributed by atoms with Gasteiger partial charge in [0.1, 0.15) is 5.82 Å². The van der Waals surface area contributed by atoms with Crippen molar-refractivity contribution in [3.8, 4) is 11.4 Å². The molecule has 0 aliphatic heterocycles. The number of aryl methyl sites for hydroxylation is 1. The fourth-order valence-electron chi connectivity index (χ4n) is 2.35. The molecule has 0 bridgehead atoms. The van der Waals surface area contributed by atoms with Gasteiger partial charge in [0.15, 0.2) is 0 Å². The fraction of sp³-hybridized carbons (Fsp3) is 0.133. The third-order valence-corrected chi connectivity index (χ3v) is 4.25. The van der Waals surface area contributed by atoms with E-state index in [-0.39, 0.29) is 0 Å². The summed E-state index contributed by atoms with van der Waals surface area (Å²) in [5, 5.41) is 0.709. The summed E-state index contributed by atoms with van der Waals surface area (Å²) in [5.41, 5.74) is 9.73. The maximum atomic E-state index is 6.16. The van der Waals surface area contributed by atoms with E-state index in [0.717, 1.165) is 33.4 Å². The van der Waals surface area contributed by atoms with E-state index in [4.69, 9.17) is 22.3 Å². The Balaban J connectivity index is 2.33. The lowest BCUT2D eigenvalue weighted by Gasteiger charge is -2.09. The number of rotatable bonds is 2. The number of fused-ring (bicyclic) bond motifs is 1. The number of hydrogen-bond acceptors (Lipinski definition) is 2. The summed E-state index contributed by atoms with van der Waals surface area (Å²) >= 11 is 9.55. The molecule has 102 valence electrons. The van der Waals surface area contributed by atoms with E-state index in [1.165, 1.54) is 0 Å². The highest BCUT2D eigenvalue weighted by atomic mass is 79.9. The van der Waals surface area contributed by atoms with Gasteiger partial charge >= 0.3 is 0 Å². The molecule has 0 aliphatic carbocycles. The lowest BCUT2D eigenvalue weighted by molar-refractivity contribution is 0.796. The molecule has 0 aliphatic rings. The molecule has 0 saturated carbocycles. The third kappa shape index (κ3) is 2.09. The van der Waals surface area contributed by atoms with Crippen molar-refractivity contribution in [1.82, 2.24) is 9.55 Å². The van der Waals surface area contributed by atoms with Crippen LogP contribution >= 0.6 is 27.5 Å². The van der Waals surface area contributed by atoms with Gasteiger partial charge < -0.3 is 10.3 Å². The summed E-state index contributed by atoms with van der Waals surface area (Å²) in [7, 11) is 0. The largest absolute Gasteiger partial charge is 0.397 e. The number of nitrogen functional groups attached to an aromatic ring is 1. The number of imidazole rings is 1. The van der Waals surface area contributed by atoms with Gasteiger partial charge in [0.05, 0.1) is 16.7 Å². The summed E-state index contributed by atoms with van der Waals surface area (Å²) in [6, 6.07) is 11.6. The van der Waals surface area contributed by atoms with Crippen LogP contribution in [0.25, 0.3) is 22.4 Å². The first kappa shape index (κ1) is 13.5. The van der Waals surface area contributed by atoms with Crippen molar-refractivity contribution in [2.24, 2.45) is 0 Å². The number of anilines is 1. The predicted molar refractivity (Wildman–Crippen MR) is 88.0 cm³/mol. The Bertz CT molecular complexity index is 795. The van der Waals surface area contributed by atoms with Crippen LogP contribution in [0.2, 0.25) is 5.02 Å². The Morgan fingerprint density at radius 1 is 1.30 bits per heavy atom. The molecule has 0 fully saturated rings. The Labute approximate surface area is 130 Å². The first-order valence-electron chi connectivity index (χ1n) is 6.32. The molecule has 0 spiro atoms. The third-order valence-electron chi connectivity index (χ3n) is 3.32. The van der Waals surface area contributed by atoms with Crippen LogP contribution in [0.5, 0.6) is 0 Å². The lowest BCUT2D eigenvalue weighted by Crippen LogP contribution is -2.00. The Hall–Kier alpha value is -1.52. The molecular weight excluding hydrogens is 338 g/mol. The van der Waals surface area contributed by atoms with Gasteiger partial charge in [0.25, 0.3) is 0 Å². The minimum Gasteiger partial charge on any atom is -0.397 e. The molecule has 2 aromatic carbocycles. The van der Waals surface area contributed by atoms with Crippen LogP contribution in [0.3, 0.4) is 0 Å². The van der Waals surface area contributed by atoms with Crippen molar-refractivity contribution in [3.05, 3.63) is 45.9 Å². The number of nitrogens with zero attached hydrogens (tertiary/aromatic N) is 2. The molecule has 0 saturated heterocycles. The quantitative estimate of drug-likeness (QED) is 0.680. The second-order valence-corrected chi connectivity index (χ2v) is 5.80. The Morgan fingerprint density at radius 2 is 2.10 bits per heavy atom. The van der Waals surface area contributed by atoms with Crippen molar-refractivity contribution in [3.63, 3.8) is 0 Å². The summed E-state index contributed by atoms with van der Waals surface area (Å²) in [5.74, 6) is 0.864. The van der Waals surface area contributed by atoms with Crippen molar-refractivity contribution >= 4 is 44.3 Å². The smallest absolute Gasteiger partial charge is 0.143 e. The zero-order valence-electron chi connectivity index (χ0n) is 10.9. The van der Waals surface area contributed by atoms with E-state index in [0.29, 0.717) is 10.7 Å². The molecule has 20 heavy (non-hydrogen) atoms. The second-order valence-electron chi connectivity index (χ2n) is 4.51. The van der Waals surface area contributed by atoms with E-state index < -0.39 is 0 Å². The molecule has 5 heteroatoms. The van der Waals surface area contributed by atoms with Crippen molar-refractivity contribution in [1.29, 1.82) is 0 Å². The van der Waals surface area contributed by atoms with Crippen LogP contribution in [0.4, 0.5) is 5.69 Å². The van der Waals surface area contributed by atoms with E-state index in [1.54, 1.807) is 0 Å².